The van der Waals surface area contributed by atoms with E-state index in [1.165, 1.54) is 7.11 Å². The molecule has 1 aliphatic rings. The highest BCUT2D eigenvalue weighted by Crippen LogP contribution is 2.28. The molecule has 1 fully saturated rings. The topological polar surface area (TPSA) is 77.5 Å². The number of amides is 1. The maximum atomic E-state index is 12.8. The minimum absolute atomic E-state index is 0.0268. The predicted octanol–water partition coefficient (Wildman–Crippen LogP) is 3.34. The molecule has 7 heteroatoms. The normalized spacial score (nSPS) is 25.8. The van der Waals surface area contributed by atoms with E-state index in [0.29, 0.717) is 6.61 Å². The first-order valence-corrected chi connectivity index (χ1v) is 10.2. The average Bonchev–Trinajstić information content (AvgIpc) is 2.67. The summed E-state index contributed by atoms with van der Waals surface area (Å²) in [6.45, 7) is 9.96. The second-order valence-corrected chi connectivity index (χ2v) is 8.01. The van der Waals surface area contributed by atoms with E-state index in [0.717, 1.165) is 5.56 Å². The van der Waals surface area contributed by atoms with Gasteiger partial charge in [-0.3, -0.25) is 0 Å². The molecule has 164 valence electrons. The molecule has 7 nitrogen and oxygen atoms in total. The van der Waals surface area contributed by atoms with Crippen LogP contribution in [0.15, 0.2) is 30.3 Å². The highest BCUT2D eigenvalue weighted by Gasteiger charge is 2.44. The lowest BCUT2D eigenvalue weighted by Crippen LogP contribution is -2.57. The van der Waals surface area contributed by atoms with Crippen molar-refractivity contribution in [2.24, 2.45) is 0 Å². The first-order valence-electron chi connectivity index (χ1n) is 10.2. The zero-order valence-electron chi connectivity index (χ0n) is 18.3. The first-order chi connectivity index (χ1) is 13.7. The van der Waals surface area contributed by atoms with Crippen LogP contribution in [0.3, 0.4) is 0 Å². The van der Waals surface area contributed by atoms with Crippen LogP contribution in [0.25, 0.3) is 0 Å². The number of aliphatic hydroxyl groups is 1. The Morgan fingerprint density at radius 3 is 2.34 bits per heavy atom. The van der Waals surface area contributed by atoms with E-state index in [-0.39, 0.29) is 18.5 Å². The molecule has 1 aromatic carbocycles. The van der Waals surface area contributed by atoms with Crippen LogP contribution in [0.5, 0.6) is 0 Å². The number of nitrogens with zero attached hydrogens (tertiary/aromatic N) is 1. The van der Waals surface area contributed by atoms with Gasteiger partial charge in [0.1, 0.15) is 6.10 Å². The summed E-state index contributed by atoms with van der Waals surface area (Å²) in [6, 6.07) is 9.73. The van der Waals surface area contributed by atoms with Crippen LogP contribution in [-0.4, -0.2) is 66.0 Å². The number of aliphatic hydroxyl groups excluding tert-OH is 1. The van der Waals surface area contributed by atoms with Gasteiger partial charge in [0.2, 0.25) is 0 Å². The lowest BCUT2D eigenvalue weighted by Gasteiger charge is -2.42. The molecular weight excluding hydrogens is 374 g/mol. The molecule has 5 atom stereocenters. The molecule has 1 heterocycles. The van der Waals surface area contributed by atoms with Gasteiger partial charge < -0.3 is 29.0 Å². The van der Waals surface area contributed by atoms with E-state index in [1.807, 2.05) is 65.0 Å². The lowest BCUT2D eigenvalue weighted by molar-refractivity contribution is -0.266. The summed E-state index contributed by atoms with van der Waals surface area (Å²) >= 11 is 0. The van der Waals surface area contributed by atoms with Crippen LogP contribution in [0.1, 0.15) is 46.6 Å². The molecule has 0 saturated carbocycles. The number of carbonyl (C=O) groups excluding carboxylic acids is 1. The molecule has 1 saturated heterocycles. The number of methoxy groups -OCH3 is 1. The fraction of sp³-hybridized carbons (Fsp3) is 0.682. The molecule has 2 rings (SSSR count). The fourth-order valence-corrected chi connectivity index (χ4v) is 3.63. The van der Waals surface area contributed by atoms with Crippen LogP contribution < -0.4 is 0 Å². The maximum Gasteiger partial charge on any atom is 0.410 e. The van der Waals surface area contributed by atoms with Gasteiger partial charge in [-0.05, 0) is 40.2 Å². The van der Waals surface area contributed by atoms with Crippen LogP contribution in [0.2, 0.25) is 0 Å². The molecule has 1 aromatic rings. The number of carbonyl (C=O) groups is 1. The van der Waals surface area contributed by atoms with Crippen molar-refractivity contribution in [2.45, 2.75) is 90.4 Å². The number of rotatable bonds is 8. The second-order valence-electron chi connectivity index (χ2n) is 8.01. The van der Waals surface area contributed by atoms with E-state index in [1.54, 1.807) is 4.90 Å². The van der Waals surface area contributed by atoms with Crippen molar-refractivity contribution in [1.29, 1.82) is 0 Å². The third kappa shape index (κ3) is 6.40. The third-order valence-electron chi connectivity index (χ3n) is 5.09. The van der Waals surface area contributed by atoms with E-state index < -0.39 is 36.8 Å². The second kappa shape index (κ2) is 10.9. The number of hydrogen-bond donors (Lipinski definition) is 1. The van der Waals surface area contributed by atoms with Gasteiger partial charge in [0.05, 0.1) is 18.8 Å². The summed E-state index contributed by atoms with van der Waals surface area (Å²) in [6.07, 6.45) is -3.67. The molecule has 29 heavy (non-hydrogen) atoms. The van der Waals surface area contributed by atoms with Crippen LogP contribution in [-0.2, 0) is 25.6 Å². The van der Waals surface area contributed by atoms with E-state index >= 15 is 0 Å². The molecule has 0 unspecified atom stereocenters. The van der Waals surface area contributed by atoms with Crippen LogP contribution in [0, 0.1) is 0 Å². The standard InChI is InChI=1S/C22H35NO6/c1-14(2)23(15(3)4)22(25)29-21-18(24)12-19(26-6)28-20(21)16(5)27-13-17-10-8-7-9-11-17/h7-11,14-16,18-21,24H,12-13H2,1-6H3/t16-,18-,19-,20+,21-/m0/s1. The predicted molar refractivity (Wildman–Crippen MR) is 109 cm³/mol. The molecule has 1 amide bonds. The summed E-state index contributed by atoms with van der Waals surface area (Å²) in [7, 11) is 1.52. The Bertz CT molecular complexity index is 615. The van der Waals surface area contributed by atoms with Crippen LogP contribution >= 0.6 is 0 Å². The highest BCUT2D eigenvalue weighted by molar-refractivity contribution is 5.68. The average molecular weight is 410 g/mol. The molecule has 0 radical (unpaired) electrons. The molecule has 1 aliphatic heterocycles. The Balaban J connectivity index is 2.12. The van der Waals surface area contributed by atoms with Crippen molar-refractivity contribution in [3.8, 4) is 0 Å². The van der Waals surface area contributed by atoms with E-state index in [4.69, 9.17) is 18.9 Å². The van der Waals surface area contributed by atoms with E-state index in [9.17, 15) is 9.90 Å². The summed E-state index contributed by atoms with van der Waals surface area (Å²) in [5, 5.41) is 10.7. The molecule has 0 bridgehead atoms. The fourth-order valence-electron chi connectivity index (χ4n) is 3.63. The Morgan fingerprint density at radius 1 is 1.17 bits per heavy atom. The number of hydrogen-bond acceptors (Lipinski definition) is 6. The van der Waals surface area contributed by atoms with Crippen molar-refractivity contribution < 1.29 is 28.8 Å². The van der Waals surface area contributed by atoms with Crippen molar-refractivity contribution in [1.82, 2.24) is 4.90 Å². The van der Waals surface area contributed by atoms with Gasteiger partial charge in [0.25, 0.3) is 0 Å². The van der Waals surface area contributed by atoms with E-state index in [2.05, 4.69) is 0 Å². The van der Waals surface area contributed by atoms with Crippen molar-refractivity contribution in [2.75, 3.05) is 7.11 Å². The van der Waals surface area contributed by atoms with Gasteiger partial charge in [0.15, 0.2) is 12.4 Å². The quantitative estimate of drug-likeness (QED) is 0.710. The smallest absolute Gasteiger partial charge is 0.410 e. The van der Waals surface area contributed by atoms with Gasteiger partial charge in [-0.25, -0.2) is 4.79 Å². The van der Waals surface area contributed by atoms with Gasteiger partial charge in [-0.15, -0.1) is 0 Å². The highest BCUT2D eigenvalue weighted by atomic mass is 16.7. The Morgan fingerprint density at radius 2 is 1.79 bits per heavy atom. The SMILES string of the molecule is CO[C@@H]1C[C@H](O)[C@H](OC(=O)N(C(C)C)C(C)C)[C@@H]([C@H](C)OCc2ccccc2)O1. The largest absolute Gasteiger partial charge is 0.440 e. The third-order valence-corrected chi connectivity index (χ3v) is 5.09. The maximum absolute atomic E-state index is 12.8. The van der Waals surface area contributed by atoms with Gasteiger partial charge in [-0.1, -0.05) is 30.3 Å². The summed E-state index contributed by atoms with van der Waals surface area (Å²) in [5.74, 6) is 0. The zero-order chi connectivity index (χ0) is 21.6. The van der Waals surface area contributed by atoms with Crippen LogP contribution in [0.4, 0.5) is 4.79 Å². The monoisotopic (exact) mass is 409 g/mol. The molecular formula is C22H35NO6. The summed E-state index contributed by atoms with van der Waals surface area (Å²) in [5.41, 5.74) is 1.03. The van der Waals surface area contributed by atoms with Gasteiger partial charge in [0, 0.05) is 25.6 Å². The minimum atomic E-state index is -0.911. The first kappa shape index (κ1) is 23.6. The Hall–Kier alpha value is -1.67. The zero-order valence-corrected chi connectivity index (χ0v) is 18.3. The summed E-state index contributed by atoms with van der Waals surface area (Å²) < 4.78 is 23.0. The Labute approximate surface area is 173 Å². The van der Waals surface area contributed by atoms with Crippen molar-refractivity contribution in [3.05, 3.63) is 35.9 Å². The minimum Gasteiger partial charge on any atom is -0.440 e. The number of ether oxygens (including phenoxy) is 4. The summed E-state index contributed by atoms with van der Waals surface area (Å²) in [4.78, 5) is 14.4. The Kier molecular flexibility index (Phi) is 8.89. The molecule has 0 spiro atoms. The lowest BCUT2D eigenvalue weighted by atomic mass is 9.97. The molecule has 1 N–H and O–H groups in total. The van der Waals surface area contributed by atoms with Gasteiger partial charge >= 0.3 is 6.09 Å². The van der Waals surface area contributed by atoms with Crippen molar-refractivity contribution in [3.63, 3.8) is 0 Å². The molecule has 0 aliphatic carbocycles. The number of benzene rings is 1. The van der Waals surface area contributed by atoms with Gasteiger partial charge in [-0.2, -0.15) is 0 Å². The molecule has 0 aromatic heterocycles. The van der Waals surface area contributed by atoms with Crippen molar-refractivity contribution >= 4 is 6.09 Å².